The number of benzene rings is 1. The Balaban J connectivity index is 2.02. The predicted molar refractivity (Wildman–Crippen MR) is 95.0 cm³/mol. The Kier molecular flexibility index (Phi) is 10.6. The molecule has 0 heterocycles. The molecule has 1 aromatic carbocycles. The van der Waals surface area contributed by atoms with Crippen LogP contribution in [-0.2, 0) is 14.3 Å². The summed E-state index contributed by atoms with van der Waals surface area (Å²) in [7, 11) is 0. The second-order valence-corrected chi connectivity index (χ2v) is 6.13. The van der Waals surface area contributed by atoms with Crippen LogP contribution in [0.25, 0.3) is 0 Å². The molecule has 0 radical (unpaired) electrons. The monoisotopic (exact) mass is 334 g/mol. The fraction of sp³-hybridized carbons (Fsp3) is 0.600. The maximum absolute atomic E-state index is 11.7. The van der Waals surface area contributed by atoms with Crippen LogP contribution in [0.5, 0.6) is 5.75 Å². The van der Waals surface area contributed by atoms with Crippen LogP contribution >= 0.6 is 0 Å². The Morgan fingerprint density at radius 1 is 0.917 bits per heavy atom. The topological polar surface area (TPSA) is 52.6 Å². The first-order valence-electron chi connectivity index (χ1n) is 9.04. The van der Waals surface area contributed by atoms with E-state index in [4.69, 9.17) is 9.47 Å². The average molecular weight is 334 g/mol. The van der Waals surface area contributed by atoms with Gasteiger partial charge >= 0.3 is 11.9 Å². The number of hydrogen-bond acceptors (Lipinski definition) is 4. The maximum atomic E-state index is 11.7. The van der Waals surface area contributed by atoms with Crippen LogP contribution in [0.2, 0.25) is 0 Å². The molecule has 24 heavy (non-hydrogen) atoms. The summed E-state index contributed by atoms with van der Waals surface area (Å²) >= 11 is 0. The second-order valence-electron chi connectivity index (χ2n) is 6.13. The summed E-state index contributed by atoms with van der Waals surface area (Å²) in [6, 6.07) is 7.40. The molecule has 0 spiro atoms. The van der Waals surface area contributed by atoms with E-state index < -0.39 is 0 Å². The molecule has 4 nitrogen and oxygen atoms in total. The van der Waals surface area contributed by atoms with Crippen molar-refractivity contribution in [2.75, 3.05) is 6.61 Å². The molecule has 0 fully saturated rings. The average Bonchev–Trinajstić information content (AvgIpc) is 2.55. The number of aryl methyl sites for hydroxylation is 1. The van der Waals surface area contributed by atoms with Crippen LogP contribution < -0.4 is 4.74 Å². The van der Waals surface area contributed by atoms with Crippen LogP contribution in [0.3, 0.4) is 0 Å². The minimum Gasteiger partial charge on any atom is -0.466 e. The number of hydrogen-bond donors (Lipinski definition) is 0. The van der Waals surface area contributed by atoms with E-state index in [1.807, 2.05) is 25.1 Å². The predicted octanol–water partition coefficient (Wildman–Crippen LogP) is 4.97. The van der Waals surface area contributed by atoms with Crippen LogP contribution in [0.4, 0.5) is 0 Å². The van der Waals surface area contributed by atoms with Crippen LogP contribution in [0, 0.1) is 6.92 Å². The molecule has 0 aliphatic carbocycles. The summed E-state index contributed by atoms with van der Waals surface area (Å²) in [4.78, 5) is 23.3. The van der Waals surface area contributed by atoms with Gasteiger partial charge in [0.1, 0.15) is 5.75 Å². The summed E-state index contributed by atoms with van der Waals surface area (Å²) in [5.74, 6) is 0.143. The minimum atomic E-state index is -0.259. The molecule has 0 amide bonds. The number of rotatable bonds is 12. The molecule has 1 aromatic rings. The minimum absolute atomic E-state index is 0.169. The van der Waals surface area contributed by atoms with Gasteiger partial charge in [-0.1, -0.05) is 44.7 Å². The van der Waals surface area contributed by atoms with Crippen molar-refractivity contribution < 1.29 is 19.1 Å². The number of ether oxygens (including phenoxy) is 2. The maximum Gasteiger partial charge on any atom is 0.311 e. The zero-order chi connectivity index (χ0) is 17.6. The highest BCUT2D eigenvalue weighted by molar-refractivity contribution is 5.72. The van der Waals surface area contributed by atoms with Crippen molar-refractivity contribution in [2.45, 2.75) is 71.6 Å². The van der Waals surface area contributed by atoms with Gasteiger partial charge in [-0.3, -0.25) is 9.59 Å². The van der Waals surface area contributed by atoms with E-state index in [2.05, 4.69) is 6.92 Å². The van der Waals surface area contributed by atoms with E-state index in [0.29, 0.717) is 38.0 Å². The van der Waals surface area contributed by atoms with Gasteiger partial charge in [0.2, 0.25) is 0 Å². The largest absolute Gasteiger partial charge is 0.466 e. The molecule has 1 rings (SSSR count). The van der Waals surface area contributed by atoms with Crippen molar-refractivity contribution >= 4 is 11.9 Å². The second kappa shape index (κ2) is 12.6. The lowest BCUT2D eigenvalue weighted by molar-refractivity contribution is -0.144. The Labute approximate surface area is 145 Å². The fourth-order valence-electron chi connectivity index (χ4n) is 2.36. The molecule has 0 bridgehead atoms. The van der Waals surface area contributed by atoms with E-state index in [0.717, 1.165) is 18.4 Å². The van der Waals surface area contributed by atoms with Gasteiger partial charge in [0.25, 0.3) is 0 Å². The smallest absolute Gasteiger partial charge is 0.311 e. The Bertz CT molecular complexity index is 496. The van der Waals surface area contributed by atoms with Crippen LogP contribution in [0.15, 0.2) is 24.3 Å². The van der Waals surface area contributed by atoms with E-state index in [1.54, 1.807) is 6.07 Å². The summed E-state index contributed by atoms with van der Waals surface area (Å²) in [6.07, 6.45) is 7.69. The molecule has 0 saturated heterocycles. The highest BCUT2D eigenvalue weighted by Gasteiger charge is 2.07. The Hall–Kier alpha value is -1.84. The van der Waals surface area contributed by atoms with E-state index in [-0.39, 0.29) is 11.9 Å². The molecule has 0 aliphatic heterocycles. The molecule has 0 unspecified atom stereocenters. The highest BCUT2D eigenvalue weighted by atomic mass is 16.5. The Morgan fingerprint density at radius 3 is 2.33 bits per heavy atom. The van der Waals surface area contributed by atoms with Crippen molar-refractivity contribution in [3.05, 3.63) is 29.8 Å². The van der Waals surface area contributed by atoms with Gasteiger partial charge in [-0.2, -0.15) is 0 Å². The Morgan fingerprint density at radius 2 is 1.62 bits per heavy atom. The number of esters is 2. The van der Waals surface area contributed by atoms with Gasteiger partial charge in [0.05, 0.1) is 6.61 Å². The summed E-state index contributed by atoms with van der Waals surface area (Å²) in [6.45, 7) is 4.64. The quantitative estimate of drug-likeness (QED) is 0.307. The number of carbonyl (C=O) groups excluding carboxylic acids is 2. The lowest BCUT2D eigenvalue weighted by atomic mass is 10.2. The van der Waals surface area contributed by atoms with Gasteiger partial charge in [0, 0.05) is 12.8 Å². The first kappa shape index (κ1) is 20.2. The third-order valence-electron chi connectivity index (χ3n) is 3.74. The van der Waals surface area contributed by atoms with E-state index in [1.165, 1.54) is 19.3 Å². The molecule has 134 valence electrons. The lowest BCUT2D eigenvalue weighted by Crippen LogP contribution is -2.09. The standard InChI is InChI=1S/C20H30O4/c1-3-4-5-6-9-15-23-19(21)13-7-8-14-20(22)24-18-12-10-11-17(2)16-18/h10-12,16H,3-9,13-15H2,1-2H3. The molecule has 0 aliphatic rings. The molecular weight excluding hydrogens is 304 g/mol. The SMILES string of the molecule is CCCCCCCOC(=O)CCCCC(=O)Oc1cccc(C)c1. The van der Waals surface area contributed by atoms with Gasteiger partial charge < -0.3 is 9.47 Å². The first-order chi connectivity index (χ1) is 11.6. The van der Waals surface area contributed by atoms with Gasteiger partial charge in [-0.05, 0) is 43.9 Å². The van der Waals surface area contributed by atoms with E-state index >= 15 is 0 Å². The highest BCUT2D eigenvalue weighted by Crippen LogP contribution is 2.14. The fourth-order valence-corrected chi connectivity index (χ4v) is 2.36. The molecule has 0 saturated carbocycles. The third-order valence-corrected chi connectivity index (χ3v) is 3.74. The van der Waals surface area contributed by atoms with Crippen molar-refractivity contribution in [2.24, 2.45) is 0 Å². The van der Waals surface area contributed by atoms with Crippen molar-refractivity contribution in [3.63, 3.8) is 0 Å². The van der Waals surface area contributed by atoms with E-state index in [9.17, 15) is 9.59 Å². The van der Waals surface area contributed by atoms with Gasteiger partial charge in [-0.15, -0.1) is 0 Å². The number of carbonyl (C=O) groups is 2. The molecule has 0 atom stereocenters. The third kappa shape index (κ3) is 10.0. The first-order valence-corrected chi connectivity index (χ1v) is 9.04. The summed E-state index contributed by atoms with van der Waals surface area (Å²) in [5.41, 5.74) is 1.05. The summed E-state index contributed by atoms with van der Waals surface area (Å²) < 4.78 is 10.4. The van der Waals surface area contributed by atoms with Gasteiger partial charge in [-0.25, -0.2) is 0 Å². The van der Waals surface area contributed by atoms with Crippen molar-refractivity contribution in [1.29, 1.82) is 0 Å². The lowest BCUT2D eigenvalue weighted by Gasteiger charge is -2.06. The zero-order valence-electron chi connectivity index (χ0n) is 15.0. The molecule has 4 heteroatoms. The molecule has 0 aromatic heterocycles. The van der Waals surface area contributed by atoms with Gasteiger partial charge in [0.15, 0.2) is 0 Å². The zero-order valence-corrected chi connectivity index (χ0v) is 15.0. The van der Waals surface area contributed by atoms with Crippen LogP contribution in [-0.4, -0.2) is 18.5 Å². The molecule has 0 N–H and O–H groups in total. The normalized spacial score (nSPS) is 10.4. The van der Waals surface area contributed by atoms with Crippen LogP contribution in [0.1, 0.15) is 70.3 Å². The number of unbranched alkanes of at least 4 members (excludes halogenated alkanes) is 5. The summed E-state index contributed by atoms with van der Waals surface area (Å²) in [5, 5.41) is 0. The van der Waals surface area contributed by atoms with Crippen molar-refractivity contribution in [1.82, 2.24) is 0 Å². The molecular formula is C20H30O4. The van der Waals surface area contributed by atoms with Crippen molar-refractivity contribution in [3.8, 4) is 5.75 Å².